The number of halogens is 3. The molecule has 1 unspecified atom stereocenters. The maximum atomic E-state index is 12.5. The topological polar surface area (TPSA) is 38.8 Å². The standard InChI is InChI=1S/C13H14BrF2NO3/c14-5-6-17(7-12(15)16)13(18)11-8-19-9-3-1-2-4-10(9)20-11/h1-4,11-12H,5-8H2. The molecule has 0 saturated heterocycles. The second kappa shape index (κ2) is 6.88. The zero-order chi connectivity index (χ0) is 14.5. The number of alkyl halides is 3. The Labute approximate surface area is 123 Å². The van der Waals surface area contributed by atoms with Crippen molar-refractivity contribution in [3.8, 4) is 11.5 Å². The molecule has 0 saturated carbocycles. The van der Waals surface area contributed by atoms with Gasteiger partial charge in [-0.1, -0.05) is 28.1 Å². The van der Waals surface area contributed by atoms with E-state index in [9.17, 15) is 13.6 Å². The molecule has 1 amide bonds. The van der Waals surface area contributed by atoms with E-state index in [1.807, 2.05) is 0 Å². The molecule has 0 N–H and O–H groups in total. The quantitative estimate of drug-likeness (QED) is 0.765. The summed E-state index contributed by atoms with van der Waals surface area (Å²) in [4.78, 5) is 13.3. The molecule has 0 bridgehead atoms. The van der Waals surface area contributed by atoms with Gasteiger partial charge in [-0.3, -0.25) is 4.79 Å². The molecule has 1 aromatic rings. The van der Waals surface area contributed by atoms with Crippen LogP contribution in [0.5, 0.6) is 11.5 Å². The molecule has 0 fully saturated rings. The van der Waals surface area contributed by atoms with Crippen LogP contribution >= 0.6 is 15.9 Å². The lowest BCUT2D eigenvalue weighted by atomic mass is 10.2. The third kappa shape index (κ3) is 3.59. The Morgan fingerprint density at radius 1 is 1.40 bits per heavy atom. The lowest BCUT2D eigenvalue weighted by Crippen LogP contribution is -2.48. The van der Waals surface area contributed by atoms with E-state index in [0.29, 0.717) is 16.8 Å². The van der Waals surface area contributed by atoms with Gasteiger partial charge in [0.25, 0.3) is 12.3 Å². The van der Waals surface area contributed by atoms with Crippen molar-refractivity contribution in [1.29, 1.82) is 0 Å². The molecule has 0 aliphatic carbocycles. The molecule has 1 heterocycles. The van der Waals surface area contributed by atoms with Gasteiger partial charge in [-0.05, 0) is 12.1 Å². The number of carbonyl (C=O) groups is 1. The largest absolute Gasteiger partial charge is 0.485 e. The van der Waals surface area contributed by atoms with Gasteiger partial charge < -0.3 is 14.4 Å². The van der Waals surface area contributed by atoms with Crippen molar-refractivity contribution in [2.24, 2.45) is 0 Å². The van der Waals surface area contributed by atoms with E-state index in [-0.39, 0.29) is 13.2 Å². The van der Waals surface area contributed by atoms with Crippen LogP contribution in [0.2, 0.25) is 0 Å². The van der Waals surface area contributed by atoms with Gasteiger partial charge in [-0.2, -0.15) is 0 Å². The molecule has 110 valence electrons. The third-order valence-corrected chi connectivity index (χ3v) is 3.16. The van der Waals surface area contributed by atoms with Gasteiger partial charge in [0.15, 0.2) is 11.5 Å². The summed E-state index contributed by atoms with van der Waals surface area (Å²) < 4.78 is 35.9. The Kier molecular flexibility index (Phi) is 5.17. The van der Waals surface area contributed by atoms with E-state index in [2.05, 4.69) is 15.9 Å². The molecule has 1 atom stereocenters. The minimum atomic E-state index is -2.57. The van der Waals surface area contributed by atoms with E-state index < -0.39 is 25.0 Å². The van der Waals surface area contributed by atoms with Gasteiger partial charge in [0.2, 0.25) is 6.10 Å². The molecule has 0 radical (unpaired) electrons. The maximum Gasteiger partial charge on any atom is 0.267 e. The van der Waals surface area contributed by atoms with Gasteiger partial charge in [0.1, 0.15) is 6.61 Å². The second-order valence-electron chi connectivity index (χ2n) is 4.23. The van der Waals surface area contributed by atoms with Crippen LogP contribution in [0.25, 0.3) is 0 Å². The van der Waals surface area contributed by atoms with Crippen LogP contribution in [0.3, 0.4) is 0 Å². The molecule has 4 nitrogen and oxygen atoms in total. The molecule has 1 aliphatic heterocycles. The van der Waals surface area contributed by atoms with Crippen LogP contribution in [0.4, 0.5) is 8.78 Å². The Morgan fingerprint density at radius 3 is 2.75 bits per heavy atom. The summed E-state index contributed by atoms with van der Waals surface area (Å²) in [5.74, 6) is 0.518. The van der Waals surface area contributed by atoms with Gasteiger partial charge in [0.05, 0.1) is 6.54 Å². The fourth-order valence-electron chi connectivity index (χ4n) is 1.90. The first-order chi connectivity index (χ1) is 9.61. The molecular weight excluding hydrogens is 336 g/mol. The maximum absolute atomic E-state index is 12.5. The van der Waals surface area contributed by atoms with Crippen molar-refractivity contribution >= 4 is 21.8 Å². The molecule has 1 aliphatic rings. The lowest BCUT2D eigenvalue weighted by molar-refractivity contribution is -0.142. The summed E-state index contributed by atoms with van der Waals surface area (Å²) in [6, 6.07) is 6.95. The van der Waals surface area contributed by atoms with Gasteiger partial charge in [0, 0.05) is 11.9 Å². The zero-order valence-electron chi connectivity index (χ0n) is 10.6. The van der Waals surface area contributed by atoms with Gasteiger partial charge >= 0.3 is 0 Å². The highest BCUT2D eigenvalue weighted by Crippen LogP contribution is 2.31. The highest BCUT2D eigenvalue weighted by atomic mass is 79.9. The normalized spacial score (nSPS) is 17.1. The van der Waals surface area contributed by atoms with Crippen molar-refractivity contribution < 1.29 is 23.0 Å². The molecule has 0 spiro atoms. The predicted octanol–water partition coefficient (Wildman–Crippen LogP) is 2.32. The fraction of sp³-hybridized carbons (Fsp3) is 0.462. The number of nitrogens with zero attached hydrogens (tertiary/aromatic N) is 1. The minimum absolute atomic E-state index is 0.0257. The Balaban J connectivity index is 2.05. The first-order valence-electron chi connectivity index (χ1n) is 6.13. The first kappa shape index (κ1) is 15.0. The Morgan fingerprint density at radius 2 is 2.10 bits per heavy atom. The Bertz CT molecular complexity index is 473. The fourth-order valence-corrected chi connectivity index (χ4v) is 2.33. The van der Waals surface area contributed by atoms with Crippen molar-refractivity contribution in [1.82, 2.24) is 4.90 Å². The number of hydrogen-bond acceptors (Lipinski definition) is 3. The number of para-hydroxylation sites is 2. The number of amides is 1. The van der Waals surface area contributed by atoms with Crippen LogP contribution in [-0.2, 0) is 4.79 Å². The highest BCUT2D eigenvalue weighted by Gasteiger charge is 2.31. The van der Waals surface area contributed by atoms with Crippen LogP contribution in [-0.4, -0.2) is 48.4 Å². The van der Waals surface area contributed by atoms with E-state index in [1.165, 1.54) is 0 Å². The second-order valence-corrected chi connectivity index (χ2v) is 5.02. The van der Waals surface area contributed by atoms with Crippen molar-refractivity contribution in [2.75, 3.05) is 25.0 Å². The molecule has 20 heavy (non-hydrogen) atoms. The van der Waals surface area contributed by atoms with Crippen molar-refractivity contribution in [3.05, 3.63) is 24.3 Å². The van der Waals surface area contributed by atoms with Crippen LogP contribution in [0, 0.1) is 0 Å². The van der Waals surface area contributed by atoms with Crippen LogP contribution in [0.1, 0.15) is 0 Å². The predicted molar refractivity (Wildman–Crippen MR) is 72.7 cm³/mol. The Hall–Kier alpha value is -1.37. The molecule has 0 aromatic heterocycles. The zero-order valence-corrected chi connectivity index (χ0v) is 12.2. The molecule has 2 rings (SSSR count). The molecule has 7 heteroatoms. The van der Waals surface area contributed by atoms with Gasteiger partial charge in [-0.25, -0.2) is 8.78 Å². The number of benzene rings is 1. The van der Waals surface area contributed by atoms with Crippen molar-refractivity contribution in [2.45, 2.75) is 12.5 Å². The lowest BCUT2D eigenvalue weighted by Gasteiger charge is -2.30. The first-order valence-corrected chi connectivity index (χ1v) is 7.25. The average molecular weight is 350 g/mol. The minimum Gasteiger partial charge on any atom is -0.485 e. The number of carbonyl (C=O) groups excluding carboxylic acids is 1. The summed E-state index contributed by atoms with van der Waals surface area (Å²) in [6.45, 7) is -0.380. The summed E-state index contributed by atoms with van der Waals surface area (Å²) in [5.41, 5.74) is 0. The highest BCUT2D eigenvalue weighted by molar-refractivity contribution is 9.09. The van der Waals surface area contributed by atoms with E-state index in [0.717, 1.165) is 4.90 Å². The van der Waals surface area contributed by atoms with Crippen LogP contribution < -0.4 is 9.47 Å². The third-order valence-electron chi connectivity index (χ3n) is 2.81. The number of fused-ring (bicyclic) bond motifs is 1. The number of rotatable bonds is 5. The summed E-state index contributed by atoms with van der Waals surface area (Å²) in [6.07, 6.45) is -3.46. The van der Waals surface area contributed by atoms with E-state index in [1.54, 1.807) is 24.3 Å². The summed E-state index contributed by atoms with van der Waals surface area (Å²) in [7, 11) is 0. The van der Waals surface area contributed by atoms with E-state index >= 15 is 0 Å². The smallest absolute Gasteiger partial charge is 0.267 e. The number of ether oxygens (including phenoxy) is 2. The van der Waals surface area contributed by atoms with E-state index in [4.69, 9.17) is 9.47 Å². The summed E-state index contributed by atoms with van der Waals surface area (Å²) >= 11 is 3.15. The molecule has 1 aromatic carbocycles. The number of hydrogen-bond donors (Lipinski definition) is 0. The SMILES string of the molecule is O=C(C1COc2ccccc2O1)N(CCBr)CC(F)F. The monoisotopic (exact) mass is 349 g/mol. The van der Waals surface area contributed by atoms with Crippen molar-refractivity contribution in [3.63, 3.8) is 0 Å². The van der Waals surface area contributed by atoms with Gasteiger partial charge in [-0.15, -0.1) is 0 Å². The average Bonchev–Trinajstić information content (AvgIpc) is 2.45. The molecular formula is C13H14BrF2NO3. The van der Waals surface area contributed by atoms with Crippen LogP contribution in [0.15, 0.2) is 24.3 Å². The summed E-state index contributed by atoms with van der Waals surface area (Å²) in [5, 5.41) is 0.426.